The van der Waals surface area contributed by atoms with Crippen molar-refractivity contribution in [1.82, 2.24) is 15.2 Å². The highest BCUT2D eigenvalue weighted by molar-refractivity contribution is 5.00. The molecule has 0 amide bonds. The van der Waals surface area contributed by atoms with Crippen molar-refractivity contribution in [1.29, 1.82) is 0 Å². The maximum atomic E-state index is 4.69. The van der Waals surface area contributed by atoms with Gasteiger partial charge in [0.05, 0.1) is 0 Å². The lowest BCUT2D eigenvalue weighted by atomic mass is 9.83. The van der Waals surface area contributed by atoms with Crippen molar-refractivity contribution in [2.75, 3.05) is 0 Å². The van der Waals surface area contributed by atoms with E-state index in [0.717, 1.165) is 24.0 Å². The molecule has 3 rings (SSSR count). The van der Waals surface area contributed by atoms with Crippen LogP contribution in [0.15, 0.2) is 0 Å². The van der Waals surface area contributed by atoms with Crippen LogP contribution in [0.25, 0.3) is 0 Å². The van der Waals surface area contributed by atoms with E-state index in [0.29, 0.717) is 5.92 Å². The maximum absolute atomic E-state index is 4.69. The first-order valence-corrected chi connectivity index (χ1v) is 6.83. The van der Waals surface area contributed by atoms with Crippen LogP contribution in [0.4, 0.5) is 0 Å². The van der Waals surface area contributed by atoms with Gasteiger partial charge in [0.25, 0.3) is 0 Å². The molecule has 0 atom stereocenters. The van der Waals surface area contributed by atoms with Gasteiger partial charge in [-0.05, 0) is 18.8 Å². The Balaban J connectivity index is 1.61. The standard InChI is InChI=1S/C13H21N3/c1-2-7-11(8-3-1)13-14-12(15-16-13)9-10-5-4-6-10/h10-11H,1-9H2,(H,14,15,16). The summed E-state index contributed by atoms with van der Waals surface area (Å²) in [6, 6.07) is 0. The van der Waals surface area contributed by atoms with Gasteiger partial charge in [0.1, 0.15) is 5.82 Å². The van der Waals surface area contributed by atoms with Crippen LogP contribution in [0.3, 0.4) is 0 Å². The summed E-state index contributed by atoms with van der Waals surface area (Å²) in [6.45, 7) is 0. The van der Waals surface area contributed by atoms with Crippen LogP contribution in [0.1, 0.15) is 68.9 Å². The molecule has 1 N–H and O–H groups in total. The normalized spacial score (nSPS) is 23.2. The second-order valence-corrected chi connectivity index (χ2v) is 5.48. The smallest absolute Gasteiger partial charge is 0.153 e. The molecule has 0 aromatic carbocycles. The molecule has 0 aliphatic heterocycles. The molecule has 1 aromatic heterocycles. The highest BCUT2D eigenvalue weighted by Crippen LogP contribution is 2.32. The minimum atomic E-state index is 0.639. The highest BCUT2D eigenvalue weighted by atomic mass is 15.2. The predicted octanol–water partition coefficient (Wildman–Crippen LogP) is 3.20. The third-order valence-electron chi connectivity index (χ3n) is 4.23. The minimum Gasteiger partial charge on any atom is -0.263 e. The molecule has 2 saturated carbocycles. The fourth-order valence-corrected chi connectivity index (χ4v) is 2.92. The van der Waals surface area contributed by atoms with E-state index < -0.39 is 0 Å². The Bertz CT molecular complexity index is 335. The van der Waals surface area contributed by atoms with Gasteiger partial charge in [-0.2, -0.15) is 5.10 Å². The molecule has 0 spiro atoms. The van der Waals surface area contributed by atoms with Gasteiger partial charge in [-0.15, -0.1) is 0 Å². The maximum Gasteiger partial charge on any atom is 0.153 e. The zero-order valence-electron chi connectivity index (χ0n) is 9.91. The van der Waals surface area contributed by atoms with E-state index >= 15 is 0 Å². The Kier molecular flexibility index (Phi) is 2.94. The lowest BCUT2D eigenvalue weighted by Gasteiger charge is -2.23. The lowest BCUT2D eigenvalue weighted by Crippen LogP contribution is -2.14. The van der Waals surface area contributed by atoms with Gasteiger partial charge in [-0.1, -0.05) is 38.5 Å². The molecule has 16 heavy (non-hydrogen) atoms. The van der Waals surface area contributed by atoms with Crippen LogP contribution in [-0.2, 0) is 6.42 Å². The zero-order chi connectivity index (χ0) is 10.8. The summed E-state index contributed by atoms with van der Waals surface area (Å²) in [4.78, 5) is 4.69. The van der Waals surface area contributed by atoms with Gasteiger partial charge in [0, 0.05) is 12.3 Å². The fraction of sp³-hybridized carbons (Fsp3) is 0.846. The number of nitrogens with zero attached hydrogens (tertiary/aromatic N) is 2. The molecule has 0 radical (unpaired) electrons. The Labute approximate surface area is 97.1 Å². The average Bonchev–Trinajstić information content (AvgIpc) is 2.73. The Morgan fingerprint density at radius 2 is 1.81 bits per heavy atom. The third-order valence-corrected chi connectivity index (χ3v) is 4.23. The number of nitrogens with one attached hydrogen (secondary N) is 1. The Hall–Kier alpha value is -0.860. The molecule has 1 heterocycles. The van der Waals surface area contributed by atoms with Crippen LogP contribution in [0.2, 0.25) is 0 Å². The van der Waals surface area contributed by atoms with Crippen molar-refractivity contribution >= 4 is 0 Å². The van der Waals surface area contributed by atoms with Crippen LogP contribution < -0.4 is 0 Å². The monoisotopic (exact) mass is 219 g/mol. The number of hydrogen-bond acceptors (Lipinski definition) is 2. The van der Waals surface area contributed by atoms with Crippen molar-refractivity contribution < 1.29 is 0 Å². The van der Waals surface area contributed by atoms with Gasteiger partial charge < -0.3 is 0 Å². The summed E-state index contributed by atoms with van der Waals surface area (Å²) in [5.41, 5.74) is 0. The first-order valence-electron chi connectivity index (χ1n) is 6.83. The molecular formula is C13H21N3. The third kappa shape index (κ3) is 2.13. The van der Waals surface area contributed by atoms with Crippen molar-refractivity contribution in [3.8, 4) is 0 Å². The molecule has 3 nitrogen and oxygen atoms in total. The van der Waals surface area contributed by atoms with Gasteiger partial charge in [0.15, 0.2) is 5.82 Å². The second-order valence-electron chi connectivity index (χ2n) is 5.48. The Morgan fingerprint density at radius 3 is 2.50 bits per heavy atom. The molecule has 0 bridgehead atoms. The van der Waals surface area contributed by atoms with Crippen molar-refractivity contribution in [3.63, 3.8) is 0 Å². The summed E-state index contributed by atoms with van der Waals surface area (Å²) in [5.74, 6) is 3.74. The van der Waals surface area contributed by atoms with Crippen LogP contribution >= 0.6 is 0 Å². The predicted molar refractivity (Wildman–Crippen MR) is 63.3 cm³/mol. The van der Waals surface area contributed by atoms with Crippen LogP contribution in [0, 0.1) is 5.92 Å². The van der Waals surface area contributed by atoms with Crippen molar-refractivity contribution in [2.24, 2.45) is 5.92 Å². The van der Waals surface area contributed by atoms with Gasteiger partial charge in [-0.3, -0.25) is 5.10 Å². The molecular weight excluding hydrogens is 198 g/mol. The molecule has 0 saturated heterocycles. The molecule has 1 aromatic rings. The fourth-order valence-electron chi connectivity index (χ4n) is 2.92. The first-order chi connectivity index (χ1) is 7.92. The van der Waals surface area contributed by atoms with E-state index in [9.17, 15) is 0 Å². The topological polar surface area (TPSA) is 41.6 Å². The van der Waals surface area contributed by atoms with Crippen molar-refractivity contribution in [2.45, 2.75) is 63.7 Å². The number of rotatable bonds is 3. The van der Waals surface area contributed by atoms with E-state index in [1.807, 2.05) is 0 Å². The van der Waals surface area contributed by atoms with Crippen LogP contribution in [-0.4, -0.2) is 15.2 Å². The summed E-state index contributed by atoms with van der Waals surface area (Å²) in [6.07, 6.45) is 12.0. The van der Waals surface area contributed by atoms with E-state index in [2.05, 4.69) is 15.2 Å². The quantitative estimate of drug-likeness (QED) is 0.848. The lowest BCUT2D eigenvalue weighted by molar-refractivity contribution is 0.309. The number of H-pyrrole nitrogens is 1. The SMILES string of the molecule is C1CCC(c2n[nH]c(CC3CCC3)n2)CC1. The van der Waals surface area contributed by atoms with Gasteiger partial charge in [0.2, 0.25) is 0 Å². The number of aromatic amines is 1. The Morgan fingerprint density at radius 1 is 1.00 bits per heavy atom. The first kappa shape index (κ1) is 10.3. The zero-order valence-corrected chi connectivity index (χ0v) is 9.91. The summed E-state index contributed by atoms with van der Waals surface area (Å²) >= 11 is 0. The van der Waals surface area contributed by atoms with E-state index in [4.69, 9.17) is 0 Å². The van der Waals surface area contributed by atoms with E-state index in [-0.39, 0.29) is 0 Å². The summed E-state index contributed by atoms with van der Waals surface area (Å²) in [5, 5.41) is 7.56. The molecule has 88 valence electrons. The highest BCUT2D eigenvalue weighted by Gasteiger charge is 2.22. The van der Waals surface area contributed by atoms with Crippen LogP contribution in [0.5, 0.6) is 0 Å². The molecule has 2 aliphatic rings. The van der Waals surface area contributed by atoms with E-state index in [1.54, 1.807) is 0 Å². The minimum absolute atomic E-state index is 0.639. The number of hydrogen-bond donors (Lipinski definition) is 1. The summed E-state index contributed by atoms with van der Waals surface area (Å²) < 4.78 is 0. The molecule has 3 heteroatoms. The molecule has 2 fully saturated rings. The molecule has 0 unspecified atom stereocenters. The van der Waals surface area contributed by atoms with E-state index in [1.165, 1.54) is 51.4 Å². The van der Waals surface area contributed by atoms with Gasteiger partial charge >= 0.3 is 0 Å². The largest absolute Gasteiger partial charge is 0.263 e. The second kappa shape index (κ2) is 4.56. The summed E-state index contributed by atoms with van der Waals surface area (Å²) in [7, 11) is 0. The number of aromatic nitrogens is 3. The molecule has 2 aliphatic carbocycles. The van der Waals surface area contributed by atoms with Gasteiger partial charge in [-0.25, -0.2) is 4.98 Å². The average molecular weight is 219 g/mol. The van der Waals surface area contributed by atoms with Crippen molar-refractivity contribution in [3.05, 3.63) is 11.6 Å².